The number of nitrogens with zero attached hydrogens (tertiary/aromatic N) is 2. The summed E-state index contributed by atoms with van der Waals surface area (Å²) in [5.41, 5.74) is 1.25. The van der Waals surface area contributed by atoms with Crippen LogP contribution in [-0.4, -0.2) is 36.8 Å². The number of rotatable bonds is 4. The van der Waals surface area contributed by atoms with E-state index in [0.717, 1.165) is 32.1 Å². The van der Waals surface area contributed by atoms with E-state index in [-0.39, 0.29) is 5.54 Å². The molecule has 1 aromatic heterocycles. The lowest BCUT2D eigenvalue weighted by atomic mass is 10.0. The Morgan fingerprint density at radius 3 is 2.84 bits per heavy atom. The molecule has 1 aliphatic rings. The van der Waals surface area contributed by atoms with Gasteiger partial charge in [0.25, 0.3) is 0 Å². The van der Waals surface area contributed by atoms with Crippen molar-refractivity contribution in [1.82, 2.24) is 10.3 Å². The van der Waals surface area contributed by atoms with Crippen LogP contribution >= 0.6 is 0 Å². The summed E-state index contributed by atoms with van der Waals surface area (Å²) in [4.78, 5) is 6.96. The lowest BCUT2D eigenvalue weighted by molar-refractivity contribution is 0.0639. The van der Waals surface area contributed by atoms with Gasteiger partial charge in [-0.15, -0.1) is 0 Å². The number of hydrogen-bond donors (Lipinski definition) is 1. The molecule has 4 nitrogen and oxygen atoms in total. The van der Waals surface area contributed by atoms with Gasteiger partial charge in [-0.2, -0.15) is 0 Å². The summed E-state index contributed by atoms with van der Waals surface area (Å²) in [6.45, 7) is 12.1. The molecule has 1 N–H and O–H groups in total. The molecule has 0 spiro atoms. The molecule has 1 aliphatic heterocycles. The Morgan fingerprint density at radius 2 is 2.26 bits per heavy atom. The number of hydrogen-bond acceptors (Lipinski definition) is 4. The highest BCUT2D eigenvalue weighted by Crippen LogP contribution is 2.25. The second kappa shape index (κ2) is 5.88. The first-order valence-corrected chi connectivity index (χ1v) is 7.09. The highest BCUT2D eigenvalue weighted by Gasteiger charge is 2.31. The highest BCUT2D eigenvalue weighted by molar-refractivity contribution is 5.43. The molecule has 106 valence electrons. The lowest BCUT2D eigenvalue weighted by Gasteiger charge is -2.43. The minimum atomic E-state index is 0.0139. The number of anilines is 1. The van der Waals surface area contributed by atoms with E-state index in [0.29, 0.717) is 6.04 Å². The Balaban J connectivity index is 2.13. The summed E-state index contributed by atoms with van der Waals surface area (Å²) in [5.74, 6) is 1.04. The van der Waals surface area contributed by atoms with E-state index in [2.05, 4.69) is 55.0 Å². The van der Waals surface area contributed by atoms with E-state index >= 15 is 0 Å². The summed E-state index contributed by atoms with van der Waals surface area (Å²) in [5, 5.41) is 3.40. The van der Waals surface area contributed by atoms with Crippen LogP contribution in [0, 0.1) is 0 Å². The third-order valence-corrected chi connectivity index (χ3v) is 3.70. The molecule has 0 saturated carbocycles. The van der Waals surface area contributed by atoms with E-state index in [1.165, 1.54) is 5.56 Å². The van der Waals surface area contributed by atoms with Crippen LogP contribution in [0.2, 0.25) is 0 Å². The lowest BCUT2D eigenvalue weighted by Crippen LogP contribution is -2.53. The normalized spacial score (nSPS) is 20.3. The molecule has 1 saturated heterocycles. The molecular formula is C15H25N3O. The smallest absolute Gasteiger partial charge is 0.129 e. The molecule has 2 heterocycles. The highest BCUT2D eigenvalue weighted by atomic mass is 16.5. The Hall–Kier alpha value is -1.13. The Morgan fingerprint density at radius 1 is 1.47 bits per heavy atom. The number of nitrogens with one attached hydrogen (secondary N) is 1. The third kappa shape index (κ3) is 3.25. The monoisotopic (exact) mass is 263 g/mol. The Kier molecular flexibility index (Phi) is 4.42. The minimum absolute atomic E-state index is 0.0139. The molecule has 1 fully saturated rings. The topological polar surface area (TPSA) is 37.4 Å². The van der Waals surface area contributed by atoms with Crippen LogP contribution in [0.1, 0.15) is 39.3 Å². The van der Waals surface area contributed by atoms with Crippen LogP contribution < -0.4 is 10.2 Å². The first-order chi connectivity index (χ1) is 9.04. The number of ether oxygens (including phenoxy) is 1. The number of pyridine rings is 1. The molecule has 0 amide bonds. The zero-order valence-corrected chi connectivity index (χ0v) is 12.4. The summed E-state index contributed by atoms with van der Waals surface area (Å²) < 4.78 is 5.55. The second-order valence-electron chi connectivity index (χ2n) is 5.75. The van der Waals surface area contributed by atoms with E-state index in [9.17, 15) is 0 Å². The zero-order chi connectivity index (χ0) is 13.9. The van der Waals surface area contributed by atoms with Gasteiger partial charge in [0.15, 0.2) is 0 Å². The van der Waals surface area contributed by atoms with Crippen molar-refractivity contribution in [1.29, 1.82) is 0 Å². The molecule has 1 aromatic rings. The van der Waals surface area contributed by atoms with Gasteiger partial charge in [0.05, 0.1) is 18.8 Å². The van der Waals surface area contributed by atoms with Crippen LogP contribution in [0.25, 0.3) is 0 Å². The van der Waals surface area contributed by atoms with E-state index in [1.54, 1.807) is 0 Å². The molecule has 4 heteroatoms. The van der Waals surface area contributed by atoms with Crippen molar-refractivity contribution < 1.29 is 4.74 Å². The van der Waals surface area contributed by atoms with Crippen LogP contribution in [0.3, 0.4) is 0 Å². The second-order valence-corrected chi connectivity index (χ2v) is 5.75. The largest absolute Gasteiger partial charge is 0.377 e. The summed E-state index contributed by atoms with van der Waals surface area (Å²) >= 11 is 0. The number of morpholine rings is 1. The fourth-order valence-corrected chi connectivity index (χ4v) is 2.52. The summed E-state index contributed by atoms with van der Waals surface area (Å²) in [7, 11) is 0. The van der Waals surface area contributed by atoms with Gasteiger partial charge in [-0.25, -0.2) is 4.98 Å². The standard InChI is InChI=1S/C15H25N3O/c1-5-16-12(2)13-6-7-14(17-10-13)18-8-9-19-11-15(18,3)4/h6-7,10,12,16H,5,8-9,11H2,1-4H3. The van der Waals surface area contributed by atoms with E-state index in [4.69, 9.17) is 4.74 Å². The SMILES string of the molecule is CCNC(C)c1ccc(N2CCOCC2(C)C)nc1. The van der Waals surface area contributed by atoms with Crippen molar-refractivity contribution in [2.45, 2.75) is 39.3 Å². The van der Waals surface area contributed by atoms with Gasteiger partial charge in [-0.05, 0) is 38.9 Å². The Bertz CT molecular complexity index is 402. The van der Waals surface area contributed by atoms with Gasteiger partial charge in [0, 0.05) is 18.8 Å². The van der Waals surface area contributed by atoms with Gasteiger partial charge >= 0.3 is 0 Å². The first kappa shape index (κ1) is 14.3. The van der Waals surface area contributed by atoms with Gasteiger partial charge in [0.2, 0.25) is 0 Å². The average Bonchev–Trinajstić information content (AvgIpc) is 2.39. The van der Waals surface area contributed by atoms with Gasteiger partial charge < -0.3 is 15.0 Å². The van der Waals surface area contributed by atoms with E-state index < -0.39 is 0 Å². The molecule has 1 unspecified atom stereocenters. The van der Waals surface area contributed by atoms with Crippen LogP contribution in [-0.2, 0) is 4.74 Å². The third-order valence-electron chi connectivity index (χ3n) is 3.70. The van der Waals surface area contributed by atoms with Crippen LogP contribution in [0.5, 0.6) is 0 Å². The minimum Gasteiger partial charge on any atom is -0.377 e. The van der Waals surface area contributed by atoms with Crippen LogP contribution in [0.15, 0.2) is 18.3 Å². The van der Waals surface area contributed by atoms with Crippen LogP contribution in [0.4, 0.5) is 5.82 Å². The predicted molar refractivity (Wildman–Crippen MR) is 78.6 cm³/mol. The van der Waals surface area contributed by atoms with Gasteiger partial charge in [-0.3, -0.25) is 0 Å². The van der Waals surface area contributed by atoms with Gasteiger partial charge in [0.1, 0.15) is 5.82 Å². The first-order valence-electron chi connectivity index (χ1n) is 7.09. The average molecular weight is 263 g/mol. The molecule has 0 bridgehead atoms. The molecule has 19 heavy (non-hydrogen) atoms. The zero-order valence-electron chi connectivity index (χ0n) is 12.4. The summed E-state index contributed by atoms with van der Waals surface area (Å²) in [6, 6.07) is 4.64. The fourth-order valence-electron chi connectivity index (χ4n) is 2.52. The van der Waals surface area contributed by atoms with Crippen molar-refractivity contribution in [3.8, 4) is 0 Å². The van der Waals surface area contributed by atoms with Crippen molar-refractivity contribution in [2.75, 3.05) is 31.2 Å². The molecular weight excluding hydrogens is 238 g/mol. The maximum Gasteiger partial charge on any atom is 0.129 e. The molecule has 0 radical (unpaired) electrons. The molecule has 2 rings (SSSR count). The van der Waals surface area contributed by atoms with E-state index in [1.807, 2.05) is 6.20 Å². The quantitative estimate of drug-likeness (QED) is 0.905. The van der Waals surface area contributed by atoms with Crippen molar-refractivity contribution in [2.24, 2.45) is 0 Å². The maximum absolute atomic E-state index is 5.55. The molecule has 0 aliphatic carbocycles. The molecule has 1 atom stereocenters. The maximum atomic E-state index is 5.55. The van der Waals surface area contributed by atoms with Crippen molar-refractivity contribution in [3.05, 3.63) is 23.9 Å². The van der Waals surface area contributed by atoms with Gasteiger partial charge in [-0.1, -0.05) is 13.0 Å². The molecule has 0 aromatic carbocycles. The van der Waals surface area contributed by atoms with Crippen molar-refractivity contribution >= 4 is 5.82 Å². The summed E-state index contributed by atoms with van der Waals surface area (Å²) in [6.07, 6.45) is 1.98. The number of aromatic nitrogens is 1. The van der Waals surface area contributed by atoms with Crippen molar-refractivity contribution in [3.63, 3.8) is 0 Å². The predicted octanol–water partition coefficient (Wildman–Crippen LogP) is 2.37. The Labute approximate surface area is 116 Å². The fraction of sp³-hybridized carbons (Fsp3) is 0.667.